The maximum absolute atomic E-state index is 13.4. The Bertz CT molecular complexity index is 754. The van der Waals surface area contributed by atoms with E-state index >= 15 is 0 Å². The van der Waals surface area contributed by atoms with E-state index in [1.807, 2.05) is 4.90 Å². The number of aromatic amines is 1. The van der Waals surface area contributed by atoms with Crippen LogP contribution in [-0.4, -0.2) is 33.9 Å². The standard InChI is InChI=1S/C20H25N3O2/c1-20(2)13-23(12-14-6-3-4-8-16(14)20)19(24)15-7-5-11-25-17(15)18-21-9-10-22-18/h3-4,6,8-10,15,17H,5,7,11-13H2,1-2H3,(H,21,22)/t15-,17-/m1/s1. The molecular formula is C20H25N3O2. The summed E-state index contributed by atoms with van der Waals surface area (Å²) in [6.07, 6.45) is 5.01. The summed E-state index contributed by atoms with van der Waals surface area (Å²) >= 11 is 0. The summed E-state index contributed by atoms with van der Waals surface area (Å²) in [7, 11) is 0. The lowest BCUT2D eigenvalue weighted by atomic mass is 9.78. The quantitative estimate of drug-likeness (QED) is 0.914. The highest BCUT2D eigenvalue weighted by atomic mass is 16.5. The first kappa shape index (κ1) is 16.3. The van der Waals surface area contributed by atoms with Gasteiger partial charge in [-0.2, -0.15) is 0 Å². The first-order valence-electron chi connectivity index (χ1n) is 9.04. The second-order valence-corrected chi connectivity index (χ2v) is 7.75. The second kappa shape index (κ2) is 6.30. The van der Waals surface area contributed by atoms with Gasteiger partial charge in [0.25, 0.3) is 0 Å². The highest BCUT2D eigenvalue weighted by molar-refractivity contribution is 5.80. The van der Waals surface area contributed by atoms with Gasteiger partial charge in [-0.15, -0.1) is 0 Å². The normalized spacial score (nSPS) is 25.4. The van der Waals surface area contributed by atoms with Gasteiger partial charge in [0.15, 0.2) is 0 Å². The van der Waals surface area contributed by atoms with Crippen molar-refractivity contribution in [2.24, 2.45) is 5.92 Å². The minimum Gasteiger partial charge on any atom is -0.369 e. The summed E-state index contributed by atoms with van der Waals surface area (Å²) in [6.45, 7) is 6.53. The lowest BCUT2D eigenvalue weighted by Crippen LogP contribution is -2.48. The molecule has 0 unspecified atom stereocenters. The monoisotopic (exact) mass is 339 g/mol. The van der Waals surface area contributed by atoms with Crippen LogP contribution < -0.4 is 0 Å². The summed E-state index contributed by atoms with van der Waals surface area (Å²) in [5.74, 6) is 0.777. The molecule has 5 heteroatoms. The number of benzene rings is 1. The molecule has 2 aromatic rings. The molecule has 0 spiro atoms. The fraction of sp³-hybridized carbons (Fsp3) is 0.500. The number of fused-ring (bicyclic) bond motifs is 1. The van der Waals surface area contributed by atoms with Gasteiger partial charge in [0, 0.05) is 37.5 Å². The SMILES string of the molecule is CC1(C)CN(C(=O)[C@@H]2CCCO[C@H]2c2ncc[nH]2)Cc2ccccc21. The summed E-state index contributed by atoms with van der Waals surface area (Å²) in [4.78, 5) is 22.8. The van der Waals surface area contributed by atoms with Crippen LogP contribution in [-0.2, 0) is 21.5 Å². The van der Waals surface area contributed by atoms with Crippen molar-refractivity contribution in [2.75, 3.05) is 13.2 Å². The average Bonchev–Trinajstić information content (AvgIpc) is 3.15. The Morgan fingerprint density at radius 2 is 2.20 bits per heavy atom. The molecule has 0 bridgehead atoms. The first-order chi connectivity index (χ1) is 12.1. The summed E-state index contributed by atoms with van der Waals surface area (Å²) < 4.78 is 5.93. The predicted molar refractivity (Wildman–Crippen MR) is 94.9 cm³/mol. The second-order valence-electron chi connectivity index (χ2n) is 7.75. The van der Waals surface area contributed by atoms with E-state index in [-0.39, 0.29) is 23.3 Å². The van der Waals surface area contributed by atoms with Crippen molar-refractivity contribution in [1.29, 1.82) is 0 Å². The number of amides is 1. The van der Waals surface area contributed by atoms with E-state index < -0.39 is 0 Å². The van der Waals surface area contributed by atoms with E-state index in [1.165, 1.54) is 11.1 Å². The molecule has 2 atom stereocenters. The molecule has 0 radical (unpaired) electrons. The summed E-state index contributed by atoms with van der Waals surface area (Å²) in [6, 6.07) is 8.46. The van der Waals surface area contributed by atoms with Crippen LogP contribution in [0.15, 0.2) is 36.7 Å². The van der Waals surface area contributed by atoms with Gasteiger partial charge in [0.1, 0.15) is 11.9 Å². The van der Waals surface area contributed by atoms with E-state index in [0.717, 1.165) is 25.2 Å². The lowest BCUT2D eigenvalue weighted by molar-refractivity contribution is -0.148. The minimum absolute atomic E-state index is 0.0415. The number of hydrogen-bond donors (Lipinski definition) is 1. The van der Waals surface area contributed by atoms with Crippen molar-refractivity contribution in [2.45, 2.75) is 44.8 Å². The molecule has 2 aliphatic rings. The topological polar surface area (TPSA) is 58.2 Å². The maximum Gasteiger partial charge on any atom is 0.229 e. The van der Waals surface area contributed by atoms with Gasteiger partial charge in [-0.05, 0) is 24.0 Å². The van der Waals surface area contributed by atoms with Crippen molar-refractivity contribution in [3.8, 4) is 0 Å². The molecule has 5 nitrogen and oxygen atoms in total. The summed E-state index contributed by atoms with van der Waals surface area (Å²) in [5.41, 5.74) is 2.56. The molecule has 1 saturated heterocycles. The third-order valence-corrected chi connectivity index (χ3v) is 5.43. The number of H-pyrrole nitrogens is 1. The molecule has 1 aromatic carbocycles. The van der Waals surface area contributed by atoms with E-state index in [0.29, 0.717) is 13.2 Å². The van der Waals surface area contributed by atoms with Crippen LogP contribution in [0.2, 0.25) is 0 Å². The zero-order chi connectivity index (χ0) is 17.4. The third kappa shape index (κ3) is 2.97. The lowest BCUT2D eigenvalue weighted by Gasteiger charge is -2.42. The number of nitrogens with one attached hydrogen (secondary N) is 1. The van der Waals surface area contributed by atoms with Gasteiger partial charge in [-0.1, -0.05) is 38.1 Å². The molecule has 1 N–H and O–H groups in total. The molecule has 3 heterocycles. The van der Waals surface area contributed by atoms with Crippen LogP contribution in [0.25, 0.3) is 0 Å². The summed E-state index contributed by atoms with van der Waals surface area (Å²) in [5, 5.41) is 0. The molecule has 4 rings (SSSR count). The van der Waals surface area contributed by atoms with E-state index in [9.17, 15) is 4.79 Å². The van der Waals surface area contributed by atoms with Crippen LogP contribution >= 0.6 is 0 Å². The van der Waals surface area contributed by atoms with Crippen molar-refractivity contribution < 1.29 is 9.53 Å². The zero-order valence-corrected chi connectivity index (χ0v) is 14.9. The van der Waals surface area contributed by atoms with Crippen molar-refractivity contribution in [1.82, 2.24) is 14.9 Å². The molecule has 1 aromatic heterocycles. The van der Waals surface area contributed by atoms with Gasteiger partial charge >= 0.3 is 0 Å². The fourth-order valence-electron chi connectivity index (χ4n) is 4.27. The molecule has 1 fully saturated rings. The van der Waals surface area contributed by atoms with Crippen molar-refractivity contribution in [3.63, 3.8) is 0 Å². The molecule has 1 amide bonds. The van der Waals surface area contributed by atoms with Crippen LogP contribution in [0.5, 0.6) is 0 Å². The van der Waals surface area contributed by atoms with Crippen molar-refractivity contribution >= 4 is 5.91 Å². The largest absolute Gasteiger partial charge is 0.369 e. The van der Waals surface area contributed by atoms with Gasteiger partial charge in [-0.25, -0.2) is 4.98 Å². The Labute approximate surface area is 148 Å². The molecule has 132 valence electrons. The van der Waals surface area contributed by atoms with Gasteiger partial charge in [0.2, 0.25) is 5.91 Å². The number of ether oxygens (including phenoxy) is 1. The van der Waals surface area contributed by atoms with E-state index in [2.05, 4.69) is 48.1 Å². The number of aromatic nitrogens is 2. The minimum atomic E-state index is -0.267. The average molecular weight is 339 g/mol. The Kier molecular flexibility index (Phi) is 4.12. The van der Waals surface area contributed by atoms with Gasteiger partial charge < -0.3 is 14.6 Å². The number of hydrogen-bond acceptors (Lipinski definition) is 3. The number of rotatable bonds is 2. The maximum atomic E-state index is 13.4. The third-order valence-electron chi connectivity index (χ3n) is 5.43. The number of carbonyl (C=O) groups is 1. The van der Waals surface area contributed by atoms with Crippen molar-refractivity contribution in [3.05, 3.63) is 53.6 Å². The molecule has 0 aliphatic carbocycles. The van der Waals surface area contributed by atoms with Gasteiger partial charge in [-0.3, -0.25) is 4.79 Å². The Balaban J connectivity index is 1.60. The van der Waals surface area contributed by atoms with Crippen LogP contribution in [0.3, 0.4) is 0 Å². The number of nitrogens with zero attached hydrogens (tertiary/aromatic N) is 2. The molecule has 25 heavy (non-hydrogen) atoms. The Morgan fingerprint density at radius 3 is 3.00 bits per heavy atom. The van der Waals surface area contributed by atoms with E-state index in [4.69, 9.17) is 4.74 Å². The molecule has 2 aliphatic heterocycles. The van der Waals surface area contributed by atoms with Gasteiger partial charge in [0.05, 0.1) is 5.92 Å². The van der Waals surface area contributed by atoms with Crippen LogP contribution in [0.1, 0.15) is 49.7 Å². The first-order valence-corrected chi connectivity index (χ1v) is 9.04. The van der Waals surface area contributed by atoms with Crippen LogP contribution in [0, 0.1) is 5.92 Å². The van der Waals surface area contributed by atoms with E-state index in [1.54, 1.807) is 12.4 Å². The highest BCUT2D eigenvalue weighted by Crippen LogP contribution is 2.37. The van der Waals surface area contributed by atoms with Crippen LogP contribution in [0.4, 0.5) is 0 Å². The fourth-order valence-corrected chi connectivity index (χ4v) is 4.27. The number of carbonyl (C=O) groups excluding carboxylic acids is 1. The smallest absolute Gasteiger partial charge is 0.229 e. The Morgan fingerprint density at radius 1 is 1.36 bits per heavy atom. The highest BCUT2D eigenvalue weighted by Gasteiger charge is 2.40. The predicted octanol–water partition coefficient (Wildman–Crippen LogP) is 3.20. The zero-order valence-electron chi connectivity index (χ0n) is 14.9. The molecule has 0 saturated carbocycles. The Hall–Kier alpha value is -2.14. The molecular weight excluding hydrogens is 314 g/mol. The number of imidazole rings is 1.